The maximum absolute atomic E-state index is 10.2. The summed E-state index contributed by atoms with van der Waals surface area (Å²) in [5.41, 5.74) is 1.32. The molecule has 1 aliphatic heterocycles. The summed E-state index contributed by atoms with van der Waals surface area (Å²) in [7, 11) is 0. The number of hydrogen-bond donors (Lipinski definition) is 1. The first kappa shape index (κ1) is 18.3. The maximum atomic E-state index is 10.2. The monoisotopic (exact) mass is 362 g/mol. The van der Waals surface area contributed by atoms with Gasteiger partial charge in [0.25, 0.3) is 0 Å². The Hall–Kier alpha value is -1.47. The molecule has 5 nitrogen and oxygen atoms in total. The molecule has 0 spiro atoms. The standard InChI is InChI=1S/C19H26N2O3S/c1-25-19-7-3-2-6-18(19)21-10-8-20(9-11-21)13-16(22)14-23-15-17-5-4-12-24-17/h2-7,12,16,22H,8-11,13-15H2,1H3. The summed E-state index contributed by atoms with van der Waals surface area (Å²) in [6.07, 6.45) is 3.28. The number of hydrogen-bond acceptors (Lipinski definition) is 6. The van der Waals surface area contributed by atoms with Crippen LogP contribution in [0.1, 0.15) is 5.76 Å². The molecule has 1 aromatic heterocycles. The highest BCUT2D eigenvalue weighted by Gasteiger charge is 2.20. The third-order valence-corrected chi connectivity index (χ3v) is 5.19. The molecule has 136 valence electrons. The quantitative estimate of drug-likeness (QED) is 0.729. The van der Waals surface area contributed by atoms with Gasteiger partial charge in [0.15, 0.2) is 0 Å². The summed E-state index contributed by atoms with van der Waals surface area (Å²) in [6.45, 7) is 5.26. The number of nitrogens with zero attached hydrogens (tertiary/aromatic N) is 2. The Kier molecular flexibility index (Phi) is 6.81. The van der Waals surface area contributed by atoms with E-state index < -0.39 is 6.10 Å². The van der Waals surface area contributed by atoms with Crippen LogP contribution in [0.2, 0.25) is 0 Å². The first-order valence-electron chi connectivity index (χ1n) is 8.65. The van der Waals surface area contributed by atoms with Crippen LogP contribution in [-0.4, -0.2) is 61.7 Å². The minimum Gasteiger partial charge on any atom is -0.467 e. The van der Waals surface area contributed by atoms with E-state index in [0.29, 0.717) is 19.8 Å². The molecule has 3 rings (SSSR count). The van der Waals surface area contributed by atoms with Gasteiger partial charge in [-0.05, 0) is 30.5 Å². The first-order valence-corrected chi connectivity index (χ1v) is 9.87. The molecular weight excluding hydrogens is 336 g/mol. The number of furan rings is 1. The van der Waals surface area contributed by atoms with Crippen molar-refractivity contribution in [3.8, 4) is 0 Å². The predicted molar refractivity (Wildman–Crippen MR) is 101 cm³/mol. The van der Waals surface area contributed by atoms with Crippen LogP contribution in [0.3, 0.4) is 0 Å². The summed E-state index contributed by atoms with van der Waals surface area (Å²) in [6, 6.07) is 12.3. The van der Waals surface area contributed by atoms with Crippen LogP contribution in [-0.2, 0) is 11.3 Å². The fourth-order valence-electron chi connectivity index (χ4n) is 3.10. The lowest BCUT2D eigenvalue weighted by Gasteiger charge is -2.37. The van der Waals surface area contributed by atoms with E-state index in [1.54, 1.807) is 18.0 Å². The SMILES string of the molecule is CSc1ccccc1N1CCN(CC(O)COCc2ccco2)CC1. The van der Waals surface area contributed by atoms with Gasteiger partial charge in [0.05, 0.1) is 24.7 Å². The first-order chi connectivity index (χ1) is 12.3. The molecule has 1 aromatic carbocycles. The van der Waals surface area contributed by atoms with E-state index in [1.807, 2.05) is 12.1 Å². The van der Waals surface area contributed by atoms with Gasteiger partial charge in [-0.2, -0.15) is 0 Å². The number of aliphatic hydroxyl groups excluding tert-OH is 1. The number of thioether (sulfide) groups is 1. The fraction of sp³-hybridized carbons (Fsp3) is 0.474. The molecule has 1 unspecified atom stereocenters. The molecule has 1 atom stereocenters. The van der Waals surface area contributed by atoms with Crippen molar-refractivity contribution in [2.24, 2.45) is 0 Å². The van der Waals surface area contributed by atoms with Gasteiger partial charge in [-0.25, -0.2) is 0 Å². The molecule has 2 aromatic rings. The van der Waals surface area contributed by atoms with Gasteiger partial charge in [-0.1, -0.05) is 12.1 Å². The zero-order valence-corrected chi connectivity index (χ0v) is 15.5. The van der Waals surface area contributed by atoms with Gasteiger partial charge in [-0.3, -0.25) is 4.90 Å². The highest BCUT2D eigenvalue weighted by molar-refractivity contribution is 7.98. The average molecular weight is 362 g/mol. The Balaban J connectivity index is 1.40. The number of para-hydroxylation sites is 1. The van der Waals surface area contributed by atoms with E-state index >= 15 is 0 Å². The summed E-state index contributed by atoms with van der Waals surface area (Å²) in [5.74, 6) is 0.785. The largest absolute Gasteiger partial charge is 0.467 e. The third-order valence-electron chi connectivity index (χ3n) is 4.40. The molecule has 25 heavy (non-hydrogen) atoms. The topological polar surface area (TPSA) is 49.1 Å². The zero-order valence-electron chi connectivity index (χ0n) is 14.6. The Morgan fingerprint density at radius 2 is 1.96 bits per heavy atom. The Morgan fingerprint density at radius 1 is 1.16 bits per heavy atom. The second kappa shape index (κ2) is 9.29. The summed E-state index contributed by atoms with van der Waals surface area (Å²) < 4.78 is 10.7. The van der Waals surface area contributed by atoms with Crippen molar-refractivity contribution in [2.75, 3.05) is 50.5 Å². The molecule has 6 heteroatoms. The Labute approximate surface area is 153 Å². The van der Waals surface area contributed by atoms with E-state index in [-0.39, 0.29) is 0 Å². The van der Waals surface area contributed by atoms with E-state index in [0.717, 1.165) is 31.9 Å². The van der Waals surface area contributed by atoms with Crippen molar-refractivity contribution >= 4 is 17.4 Å². The Bertz CT molecular complexity index is 627. The lowest BCUT2D eigenvalue weighted by Crippen LogP contribution is -2.49. The number of benzene rings is 1. The highest BCUT2D eigenvalue weighted by Crippen LogP contribution is 2.28. The van der Waals surface area contributed by atoms with E-state index in [1.165, 1.54) is 10.6 Å². The second-order valence-electron chi connectivity index (χ2n) is 6.21. The van der Waals surface area contributed by atoms with Gasteiger partial charge in [0.1, 0.15) is 12.4 Å². The molecule has 0 amide bonds. The molecule has 1 N–H and O–H groups in total. The third kappa shape index (κ3) is 5.25. The molecular formula is C19H26N2O3S. The van der Waals surface area contributed by atoms with Crippen LogP contribution in [0.15, 0.2) is 52.0 Å². The molecule has 1 aliphatic rings. The summed E-state index contributed by atoms with van der Waals surface area (Å²) >= 11 is 1.79. The van der Waals surface area contributed by atoms with Crippen molar-refractivity contribution in [3.63, 3.8) is 0 Å². The lowest BCUT2D eigenvalue weighted by atomic mass is 10.2. The van der Waals surface area contributed by atoms with Crippen LogP contribution in [0.5, 0.6) is 0 Å². The maximum Gasteiger partial charge on any atom is 0.129 e. The minimum atomic E-state index is -0.472. The van der Waals surface area contributed by atoms with Crippen LogP contribution < -0.4 is 4.90 Å². The van der Waals surface area contributed by atoms with Gasteiger partial charge in [-0.15, -0.1) is 11.8 Å². The fourth-order valence-corrected chi connectivity index (χ4v) is 3.72. The van der Waals surface area contributed by atoms with Crippen molar-refractivity contribution < 1.29 is 14.3 Å². The van der Waals surface area contributed by atoms with Crippen molar-refractivity contribution in [2.45, 2.75) is 17.6 Å². The summed E-state index contributed by atoms with van der Waals surface area (Å²) in [5, 5.41) is 10.2. The molecule has 0 aliphatic carbocycles. The zero-order chi connectivity index (χ0) is 17.5. The number of β-amino-alcohol motifs (C(OH)–C–C–N with tert-alkyl or cyclic N) is 1. The number of piperazine rings is 1. The highest BCUT2D eigenvalue weighted by atomic mass is 32.2. The van der Waals surface area contributed by atoms with Crippen molar-refractivity contribution in [1.82, 2.24) is 4.90 Å². The lowest BCUT2D eigenvalue weighted by molar-refractivity contribution is 0.00441. The number of ether oxygens (including phenoxy) is 1. The van der Waals surface area contributed by atoms with Crippen LogP contribution in [0, 0.1) is 0 Å². The molecule has 0 bridgehead atoms. The molecule has 0 saturated carbocycles. The molecule has 1 fully saturated rings. The van der Waals surface area contributed by atoms with Crippen LogP contribution in [0.25, 0.3) is 0 Å². The normalized spacial score (nSPS) is 17.0. The molecule has 2 heterocycles. The minimum absolute atomic E-state index is 0.330. The smallest absolute Gasteiger partial charge is 0.129 e. The number of anilines is 1. The van der Waals surface area contributed by atoms with E-state index in [2.05, 4.69) is 40.3 Å². The van der Waals surface area contributed by atoms with Crippen molar-refractivity contribution in [3.05, 3.63) is 48.4 Å². The molecule has 1 saturated heterocycles. The second-order valence-corrected chi connectivity index (χ2v) is 7.06. The van der Waals surface area contributed by atoms with E-state index in [4.69, 9.17) is 9.15 Å². The Morgan fingerprint density at radius 3 is 2.68 bits per heavy atom. The number of rotatable bonds is 8. The van der Waals surface area contributed by atoms with Crippen molar-refractivity contribution in [1.29, 1.82) is 0 Å². The number of aliphatic hydroxyl groups is 1. The van der Waals surface area contributed by atoms with Gasteiger partial charge >= 0.3 is 0 Å². The molecule has 0 radical (unpaired) electrons. The van der Waals surface area contributed by atoms with Crippen LogP contribution in [0.4, 0.5) is 5.69 Å². The predicted octanol–water partition coefficient (Wildman–Crippen LogP) is 2.70. The van der Waals surface area contributed by atoms with Gasteiger partial charge < -0.3 is 19.2 Å². The van der Waals surface area contributed by atoms with Crippen LogP contribution >= 0.6 is 11.8 Å². The van der Waals surface area contributed by atoms with E-state index in [9.17, 15) is 5.11 Å². The average Bonchev–Trinajstić information content (AvgIpc) is 3.16. The summed E-state index contributed by atoms with van der Waals surface area (Å²) in [4.78, 5) is 6.06. The van der Waals surface area contributed by atoms with Gasteiger partial charge in [0, 0.05) is 37.6 Å². The van der Waals surface area contributed by atoms with Gasteiger partial charge in [0.2, 0.25) is 0 Å².